The Morgan fingerprint density at radius 2 is 1.83 bits per heavy atom. The topological polar surface area (TPSA) is 139 Å². The Morgan fingerprint density at radius 1 is 1.22 bits per heavy atom. The molecule has 0 unspecified atom stereocenters. The standard InChI is InChI=1S/C14H17N3O6/c1-8(2)16-12(18)3-4-15-13(19)9-5-10(14(20)21)7-11(6-9)17(22)23/h5-8H,3-4H2,1-2H3,(H,15,19)(H,16,18)(H,20,21). The molecule has 9 nitrogen and oxygen atoms in total. The van der Waals surface area contributed by atoms with Crippen molar-refractivity contribution in [2.75, 3.05) is 6.54 Å². The Balaban J connectivity index is 2.77. The van der Waals surface area contributed by atoms with E-state index in [0.717, 1.165) is 18.2 Å². The summed E-state index contributed by atoms with van der Waals surface area (Å²) in [6.45, 7) is 3.63. The fourth-order valence-electron chi connectivity index (χ4n) is 1.76. The summed E-state index contributed by atoms with van der Waals surface area (Å²) < 4.78 is 0. The van der Waals surface area contributed by atoms with Gasteiger partial charge in [0.15, 0.2) is 0 Å². The predicted molar refractivity (Wildman–Crippen MR) is 80.3 cm³/mol. The maximum atomic E-state index is 11.9. The maximum absolute atomic E-state index is 11.9. The number of rotatable bonds is 7. The average Bonchev–Trinajstić information content (AvgIpc) is 2.45. The molecule has 23 heavy (non-hydrogen) atoms. The summed E-state index contributed by atoms with van der Waals surface area (Å²) in [4.78, 5) is 44.3. The number of hydrogen-bond acceptors (Lipinski definition) is 5. The largest absolute Gasteiger partial charge is 0.478 e. The van der Waals surface area contributed by atoms with Crippen LogP contribution in [0.15, 0.2) is 18.2 Å². The number of non-ortho nitro benzene ring substituents is 1. The fraction of sp³-hybridized carbons (Fsp3) is 0.357. The van der Waals surface area contributed by atoms with E-state index in [4.69, 9.17) is 5.11 Å². The normalized spacial score (nSPS) is 10.2. The molecule has 0 fully saturated rings. The average molecular weight is 323 g/mol. The Kier molecular flexibility index (Phi) is 6.19. The molecule has 1 aromatic carbocycles. The van der Waals surface area contributed by atoms with Crippen LogP contribution in [0.5, 0.6) is 0 Å². The first-order valence-electron chi connectivity index (χ1n) is 6.81. The molecule has 0 bridgehead atoms. The lowest BCUT2D eigenvalue weighted by molar-refractivity contribution is -0.384. The number of aromatic carboxylic acids is 1. The molecule has 1 aromatic rings. The number of carboxylic acids is 1. The molecule has 3 N–H and O–H groups in total. The lowest BCUT2D eigenvalue weighted by Crippen LogP contribution is -2.34. The molecule has 1 rings (SSSR count). The van der Waals surface area contributed by atoms with Gasteiger partial charge in [0.1, 0.15) is 0 Å². The summed E-state index contributed by atoms with van der Waals surface area (Å²) in [7, 11) is 0. The second-order valence-electron chi connectivity index (χ2n) is 5.06. The van der Waals surface area contributed by atoms with Crippen LogP contribution in [0.3, 0.4) is 0 Å². The van der Waals surface area contributed by atoms with Gasteiger partial charge in [0.05, 0.1) is 10.5 Å². The number of nitrogens with zero attached hydrogens (tertiary/aromatic N) is 1. The van der Waals surface area contributed by atoms with E-state index in [1.54, 1.807) is 13.8 Å². The summed E-state index contributed by atoms with van der Waals surface area (Å²) in [6.07, 6.45) is 0.0463. The van der Waals surface area contributed by atoms with Gasteiger partial charge in [0.2, 0.25) is 5.91 Å². The zero-order chi connectivity index (χ0) is 17.6. The van der Waals surface area contributed by atoms with Crippen molar-refractivity contribution in [3.8, 4) is 0 Å². The number of carbonyl (C=O) groups is 3. The number of nitro benzene ring substituents is 1. The minimum atomic E-state index is -1.38. The third-order valence-electron chi connectivity index (χ3n) is 2.73. The van der Waals surface area contributed by atoms with Crippen LogP contribution in [-0.4, -0.2) is 40.4 Å². The molecule has 0 aliphatic carbocycles. The van der Waals surface area contributed by atoms with E-state index in [1.165, 1.54) is 0 Å². The number of hydrogen-bond donors (Lipinski definition) is 3. The number of amides is 2. The SMILES string of the molecule is CC(C)NC(=O)CCNC(=O)c1cc(C(=O)O)cc([N+](=O)[O-])c1. The van der Waals surface area contributed by atoms with Gasteiger partial charge in [-0.05, 0) is 19.9 Å². The minimum absolute atomic E-state index is 0.0203. The first-order chi connectivity index (χ1) is 10.7. The molecule has 124 valence electrons. The van der Waals surface area contributed by atoms with E-state index in [-0.39, 0.29) is 36.0 Å². The van der Waals surface area contributed by atoms with Crippen molar-refractivity contribution in [3.05, 3.63) is 39.4 Å². The number of carboxylic acid groups (broad SMARTS) is 1. The van der Waals surface area contributed by atoms with Gasteiger partial charge in [-0.3, -0.25) is 19.7 Å². The van der Waals surface area contributed by atoms with Crippen LogP contribution >= 0.6 is 0 Å². The highest BCUT2D eigenvalue weighted by Crippen LogP contribution is 2.17. The van der Waals surface area contributed by atoms with E-state index in [1.807, 2.05) is 0 Å². The smallest absolute Gasteiger partial charge is 0.335 e. The minimum Gasteiger partial charge on any atom is -0.478 e. The number of nitrogens with one attached hydrogen (secondary N) is 2. The zero-order valence-corrected chi connectivity index (χ0v) is 12.7. The summed E-state index contributed by atoms with van der Waals surface area (Å²) in [6, 6.07) is 2.87. The van der Waals surface area contributed by atoms with E-state index in [9.17, 15) is 24.5 Å². The highest BCUT2D eigenvalue weighted by atomic mass is 16.6. The fourth-order valence-corrected chi connectivity index (χ4v) is 1.76. The van der Waals surface area contributed by atoms with Crippen LogP contribution in [0.1, 0.15) is 41.0 Å². The van der Waals surface area contributed by atoms with E-state index >= 15 is 0 Å². The number of carbonyl (C=O) groups excluding carboxylic acids is 2. The molecule has 0 saturated carbocycles. The summed E-state index contributed by atoms with van der Waals surface area (Å²) in [5.74, 6) is -2.31. The van der Waals surface area contributed by atoms with Crippen molar-refractivity contribution in [2.45, 2.75) is 26.3 Å². The van der Waals surface area contributed by atoms with Crippen LogP contribution in [0.2, 0.25) is 0 Å². The monoisotopic (exact) mass is 323 g/mol. The Hall–Kier alpha value is -2.97. The van der Waals surface area contributed by atoms with Crippen molar-refractivity contribution in [2.24, 2.45) is 0 Å². The van der Waals surface area contributed by atoms with Crippen molar-refractivity contribution in [1.82, 2.24) is 10.6 Å². The van der Waals surface area contributed by atoms with Crippen LogP contribution in [0.4, 0.5) is 5.69 Å². The molecule has 0 radical (unpaired) electrons. The van der Waals surface area contributed by atoms with Gasteiger partial charge in [-0.15, -0.1) is 0 Å². The summed E-state index contributed by atoms with van der Waals surface area (Å²) in [5.41, 5.74) is -1.00. The highest BCUT2D eigenvalue weighted by Gasteiger charge is 2.17. The predicted octanol–water partition coefficient (Wildman–Crippen LogP) is 0.937. The molecule has 0 aliphatic heterocycles. The Morgan fingerprint density at radius 3 is 2.35 bits per heavy atom. The molecular formula is C14H17N3O6. The van der Waals surface area contributed by atoms with Crippen LogP contribution in [0, 0.1) is 10.1 Å². The van der Waals surface area contributed by atoms with Crippen LogP contribution in [-0.2, 0) is 4.79 Å². The lowest BCUT2D eigenvalue weighted by Gasteiger charge is -2.09. The van der Waals surface area contributed by atoms with E-state index in [0.29, 0.717) is 0 Å². The lowest BCUT2D eigenvalue weighted by atomic mass is 10.1. The maximum Gasteiger partial charge on any atom is 0.335 e. The molecule has 0 atom stereocenters. The van der Waals surface area contributed by atoms with Crippen LogP contribution in [0.25, 0.3) is 0 Å². The quantitative estimate of drug-likeness (QED) is 0.504. The number of benzene rings is 1. The molecule has 0 aliphatic rings. The second kappa shape index (κ2) is 7.87. The van der Waals surface area contributed by atoms with Crippen molar-refractivity contribution < 1.29 is 24.4 Å². The molecular weight excluding hydrogens is 306 g/mol. The molecule has 9 heteroatoms. The molecule has 0 aromatic heterocycles. The summed E-state index contributed by atoms with van der Waals surface area (Å²) >= 11 is 0. The Labute approximate surface area is 131 Å². The van der Waals surface area contributed by atoms with Gasteiger partial charge in [0, 0.05) is 36.7 Å². The second-order valence-corrected chi connectivity index (χ2v) is 5.06. The van der Waals surface area contributed by atoms with Gasteiger partial charge in [-0.2, -0.15) is 0 Å². The zero-order valence-electron chi connectivity index (χ0n) is 12.7. The van der Waals surface area contributed by atoms with E-state index in [2.05, 4.69) is 10.6 Å². The number of nitro groups is 1. The van der Waals surface area contributed by atoms with Crippen molar-refractivity contribution >= 4 is 23.5 Å². The van der Waals surface area contributed by atoms with Gasteiger partial charge in [-0.25, -0.2) is 4.79 Å². The molecule has 0 spiro atoms. The van der Waals surface area contributed by atoms with Crippen molar-refractivity contribution in [3.63, 3.8) is 0 Å². The Bertz CT molecular complexity index is 609. The third-order valence-corrected chi connectivity index (χ3v) is 2.73. The molecule has 0 saturated heterocycles. The summed E-state index contributed by atoms with van der Waals surface area (Å²) in [5, 5.41) is 24.8. The first kappa shape index (κ1) is 18.1. The van der Waals surface area contributed by atoms with Gasteiger partial charge in [-0.1, -0.05) is 0 Å². The van der Waals surface area contributed by atoms with Gasteiger partial charge >= 0.3 is 5.97 Å². The van der Waals surface area contributed by atoms with Crippen LogP contribution < -0.4 is 10.6 Å². The van der Waals surface area contributed by atoms with Gasteiger partial charge in [0.25, 0.3) is 11.6 Å². The molecule has 0 heterocycles. The van der Waals surface area contributed by atoms with E-state index < -0.39 is 22.5 Å². The van der Waals surface area contributed by atoms with Crippen molar-refractivity contribution in [1.29, 1.82) is 0 Å². The van der Waals surface area contributed by atoms with Gasteiger partial charge < -0.3 is 15.7 Å². The first-order valence-corrected chi connectivity index (χ1v) is 6.81. The molecule has 2 amide bonds. The third kappa shape index (κ3) is 5.73. The highest BCUT2D eigenvalue weighted by molar-refractivity contribution is 5.98.